The Morgan fingerprint density at radius 2 is 2.00 bits per heavy atom. The van der Waals surface area contributed by atoms with Crippen LogP contribution in [0.4, 0.5) is 0 Å². The summed E-state index contributed by atoms with van der Waals surface area (Å²) in [5, 5.41) is 6.82. The monoisotopic (exact) mass is 295 g/mol. The number of carbonyl (C=O) groups excluding carboxylic acids is 1. The highest BCUT2D eigenvalue weighted by Gasteiger charge is 2.26. The van der Waals surface area contributed by atoms with E-state index in [1.807, 2.05) is 0 Å². The molecule has 2 unspecified atom stereocenters. The van der Waals surface area contributed by atoms with E-state index in [2.05, 4.69) is 29.4 Å². The second-order valence-electron chi connectivity index (χ2n) is 6.93. The molecule has 0 bridgehead atoms. The van der Waals surface area contributed by atoms with Crippen LogP contribution in [0.1, 0.15) is 58.8 Å². The predicted molar refractivity (Wildman–Crippen MR) is 87.3 cm³/mol. The van der Waals surface area contributed by atoms with Gasteiger partial charge in [0.05, 0.1) is 6.54 Å². The van der Waals surface area contributed by atoms with Crippen molar-refractivity contribution in [3.8, 4) is 0 Å². The summed E-state index contributed by atoms with van der Waals surface area (Å²) in [4.78, 5) is 14.5. The molecule has 1 aliphatic carbocycles. The van der Waals surface area contributed by atoms with Crippen molar-refractivity contribution < 1.29 is 4.79 Å². The molecule has 0 spiro atoms. The first-order chi connectivity index (χ1) is 10.2. The molecular weight excluding hydrogens is 262 g/mol. The van der Waals surface area contributed by atoms with Crippen LogP contribution >= 0.6 is 0 Å². The fourth-order valence-electron chi connectivity index (χ4n) is 3.73. The van der Waals surface area contributed by atoms with Gasteiger partial charge >= 0.3 is 0 Å². The lowest BCUT2D eigenvalue weighted by molar-refractivity contribution is -0.123. The Morgan fingerprint density at radius 1 is 1.24 bits per heavy atom. The normalized spacial score (nSPS) is 25.9. The quantitative estimate of drug-likeness (QED) is 0.756. The van der Waals surface area contributed by atoms with Crippen molar-refractivity contribution in [2.45, 2.75) is 70.9 Å². The van der Waals surface area contributed by atoms with E-state index in [0.717, 1.165) is 19.6 Å². The number of carbonyl (C=O) groups is 1. The van der Waals surface area contributed by atoms with Crippen molar-refractivity contribution in [2.75, 3.05) is 26.2 Å². The van der Waals surface area contributed by atoms with Gasteiger partial charge in [-0.3, -0.25) is 9.69 Å². The summed E-state index contributed by atoms with van der Waals surface area (Å²) in [6.07, 6.45) is 8.59. The van der Waals surface area contributed by atoms with Crippen molar-refractivity contribution in [1.29, 1.82) is 0 Å². The summed E-state index contributed by atoms with van der Waals surface area (Å²) in [5.74, 6) is 0.918. The topological polar surface area (TPSA) is 44.4 Å². The summed E-state index contributed by atoms with van der Waals surface area (Å²) >= 11 is 0. The summed E-state index contributed by atoms with van der Waals surface area (Å²) in [5.41, 5.74) is 0. The predicted octanol–water partition coefficient (Wildman–Crippen LogP) is 2.15. The molecule has 2 aliphatic rings. The minimum Gasteiger partial charge on any atom is -0.352 e. The minimum atomic E-state index is 0.233. The lowest BCUT2D eigenvalue weighted by atomic mass is 9.91. The lowest BCUT2D eigenvalue weighted by Crippen LogP contribution is -2.48. The second-order valence-corrected chi connectivity index (χ2v) is 6.93. The molecule has 2 atom stereocenters. The van der Waals surface area contributed by atoms with E-state index in [9.17, 15) is 4.79 Å². The highest BCUT2D eigenvalue weighted by Crippen LogP contribution is 2.20. The number of hydrogen-bond acceptors (Lipinski definition) is 3. The summed E-state index contributed by atoms with van der Waals surface area (Å²) in [7, 11) is 0. The standard InChI is InChI=1S/C17H33N3O/c1-3-10-18-14(2)15-7-6-11-20(12-15)13-17(21)19-16-8-4-5-9-16/h14-16,18H,3-13H2,1-2H3,(H,19,21). The average Bonchev–Trinajstić information content (AvgIpc) is 2.97. The van der Waals surface area contributed by atoms with Gasteiger partial charge in [-0.25, -0.2) is 0 Å². The van der Waals surface area contributed by atoms with Gasteiger partial charge < -0.3 is 10.6 Å². The zero-order valence-corrected chi connectivity index (χ0v) is 13.9. The van der Waals surface area contributed by atoms with Crippen LogP contribution in [0.2, 0.25) is 0 Å². The largest absolute Gasteiger partial charge is 0.352 e. The molecule has 1 saturated carbocycles. The van der Waals surface area contributed by atoms with Gasteiger partial charge in [0, 0.05) is 18.6 Å². The number of amides is 1. The van der Waals surface area contributed by atoms with Crippen LogP contribution < -0.4 is 10.6 Å². The van der Waals surface area contributed by atoms with E-state index in [1.165, 1.54) is 44.9 Å². The fourth-order valence-corrected chi connectivity index (χ4v) is 3.73. The van der Waals surface area contributed by atoms with Crippen LogP contribution in [0.5, 0.6) is 0 Å². The smallest absolute Gasteiger partial charge is 0.234 e. The second kappa shape index (κ2) is 8.74. The molecule has 0 aromatic rings. The van der Waals surface area contributed by atoms with Crippen molar-refractivity contribution in [1.82, 2.24) is 15.5 Å². The molecule has 0 aromatic carbocycles. The van der Waals surface area contributed by atoms with Crippen LogP contribution in [0.15, 0.2) is 0 Å². The lowest BCUT2D eigenvalue weighted by Gasteiger charge is -2.36. The van der Waals surface area contributed by atoms with E-state index in [4.69, 9.17) is 0 Å². The number of nitrogens with zero attached hydrogens (tertiary/aromatic N) is 1. The first-order valence-electron chi connectivity index (χ1n) is 8.94. The molecule has 4 nitrogen and oxygen atoms in total. The van der Waals surface area contributed by atoms with Gasteiger partial charge in [-0.15, -0.1) is 0 Å². The zero-order chi connectivity index (χ0) is 15.1. The van der Waals surface area contributed by atoms with Crippen molar-refractivity contribution in [2.24, 2.45) is 5.92 Å². The number of nitrogens with one attached hydrogen (secondary N) is 2. The van der Waals surface area contributed by atoms with Gasteiger partial charge in [0.2, 0.25) is 5.91 Å². The minimum absolute atomic E-state index is 0.233. The highest BCUT2D eigenvalue weighted by atomic mass is 16.2. The van der Waals surface area contributed by atoms with Gasteiger partial charge in [0.1, 0.15) is 0 Å². The van der Waals surface area contributed by atoms with E-state index in [1.54, 1.807) is 0 Å². The van der Waals surface area contributed by atoms with Crippen LogP contribution in [0, 0.1) is 5.92 Å². The van der Waals surface area contributed by atoms with Crippen LogP contribution in [0.25, 0.3) is 0 Å². The maximum atomic E-state index is 12.1. The molecular formula is C17H33N3O. The third-order valence-corrected chi connectivity index (χ3v) is 5.05. The molecule has 2 N–H and O–H groups in total. The highest BCUT2D eigenvalue weighted by molar-refractivity contribution is 5.78. The molecule has 0 radical (unpaired) electrons. The Morgan fingerprint density at radius 3 is 2.71 bits per heavy atom. The molecule has 1 amide bonds. The Kier molecular flexibility index (Phi) is 6.97. The van der Waals surface area contributed by atoms with Gasteiger partial charge in [-0.1, -0.05) is 19.8 Å². The van der Waals surface area contributed by atoms with Crippen molar-refractivity contribution in [3.63, 3.8) is 0 Å². The van der Waals surface area contributed by atoms with Gasteiger partial charge in [0.15, 0.2) is 0 Å². The Hall–Kier alpha value is -0.610. The number of hydrogen-bond donors (Lipinski definition) is 2. The first kappa shape index (κ1) is 16.8. The van der Waals surface area contributed by atoms with Crippen molar-refractivity contribution in [3.05, 3.63) is 0 Å². The summed E-state index contributed by atoms with van der Waals surface area (Å²) in [6, 6.07) is 1.01. The maximum Gasteiger partial charge on any atom is 0.234 e. The fraction of sp³-hybridized carbons (Fsp3) is 0.941. The van der Waals surface area contributed by atoms with E-state index in [-0.39, 0.29) is 5.91 Å². The SMILES string of the molecule is CCCNC(C)C1CCCN(CC(=O)NC2CCCC2)C1. The van der Waals surface area contributed by atoms with E-state index in [0.29, 0.717) is 24.5 Å². The molecule has 1 heterocycles. The molecule has 2 rings (SSSR count). The Bertz CT molecular complexity index is 315. The van der Waals surface area contributed by atoms with Crippen molar-refractivity contribution >= 4 is 5.91 Å². The number of rotatable bonds is 7. The molecule has 0 aromatic heterocycles. The number of likely N-dealkylation sites (tertiary alicyclic amines) is 1. The zero-order valence-electron chi connectivity index (χ0n) is 13.9. The Balaban J connectivity index is 1.71. The van der Waals surface area contributed by atoms with Crippen LogP contribution in [-0.2, 0) is 4.79 Å². The number of piperidine rings is 1. The van der Waals surface area contributed by atoms with E-state index >= 15 is 0 Å². The molecule has 1 saturated heterocycles. The van der Waals surface area contributed by atoms with Gasteiger partial charge in [0.25, 0.3) is 0 Å². The van der Waals surface area contributed by atoms with Crippen LogP contribution in [-0.4, -0.2) is 49.1 Å². The molecule has 2 fully saturated rings. The molecule has 21 heavy (non-hydrogen) atoms. The molecule has 1 aliphatic heterocycles. The third-order valence-electron chi connectivity index (χ3n) is 5.05. The summed E-state index contributed by atoms with van der Waals surface area (Å²) in [6.45, 7) is 8.33. The van der Waals surface area contributed by atoms with Gasteiger partial charge in [-0.2, -0.15) is 0 Å². The third kappa shape index (κ3) is 5.59. The average molecular weight is 295 g/mol. The molecule has 122 valence electrons. The summed E-state index contributed by atoms with van der Waals surface area (Å²) < 4.78 is 0. The van der Waals surface area contributed by atoms with Gasteiger partial charge in [-0.05, 0) is 58.0 Å². The Labute approximate surface area is 130 Å². The van der Waals surface area contributed by atoms with Crippen LogP contribution in [0.3, 0.4) is 0 Å². The van der Waals surface area contributed by atoms with E-state index < -0.39 is 0 Å². The molecule has 4 heteroatoms. The first-order valence-corrected chi connectivity index (χ1v) is 8.94. The maximum absolute atomic E-state index is 12.1.